The highest BCUT2D eigenvalue weighted by Crippen LogP contribution is 2.17. The summed E-state index contributed by atoms with van der Waals surface area (Å²) in [6.45, 7) is 2.57. The predicted molar refractivity (Wildman–Crippen MR) is 51.7 cm³/mol. The smallest absolute Gasteiger partial charge is 0.262 e. The lowest BCUT2D eigenvalue weighted by molar-refractivity contribution is 0.448. The van der Waals surface area contributed by atoms with E-state index in [1.165, 1.54) is 6.33 Å². The van der Waals surface area contributed by atoms with Gasteiger partial charge in [-0.15, -0.1) is 0 Å². The van der Waals surface area contributed by atoms with Crippen molar-refractivity contribution < 1.29 is 4.52 Å². The normalized spacial score (nSPS) is 13.0. The topological polar surface area (TPSA) is 89.9 Å². The molecule has 3 N–H and O–H groups in total. The summed E-state index contributed by atoms with van der Waals surface area (Å²) < 4.78 is 4.89. The van der Waals surface area contributed by atoms with Crippen molar-refractivity contribution in [1.29, 1.82) is 0 Å². The Balaban J connectivity index is 2.27. The Kier molecular flexibility index (Phi) is 2.28. The van der Waals surface area contributed by atoms with Crippen LogP contribution >= 0.6 is 0 Å². The fourth-order valence-corrected chi connectivity index (χ4v) is 1.10. The molecule has 14 heavy (non-hydrogen) atoms. The average Bonchev–Trinajstić information content (AvgIpc) is 2.62. The van der Waals surface area contributed by atoms with Crippen LogP contribution in [0.25, 0.3) is 11.1 Å². The summed E-state index contributed by atoms with van der Waals surface area (Å²) in [6.07, 6.45) is 3.01. The lowest BCUT2D eigenvalue weighted by Gasteiger charge is -2.07. The van der Waals surface area contributed by atoms with E-state index in [0.717, 1.165) is 5.39 Å². The maximum atomic E-state index is 5.61. The van der Waals surface area contributed by atoms with Gasteiger partial charge in [0.05, 0.1) is 6.20 Å². The third-order valence-electron chi connectivity index (χ3n) is 1.76. The third-order valence-corrected chi connectivity index (χ3v) is 1.76. The standard InChI is InChI=1S/C8H11N5O/c1-5(9)2-10-7-6-3-13-14-8(6)12-4-11-7/h3-5H,2,9H2,1H3,(H,10,11,12). The molecular formula is C8H11N5O. The first-order valence-electron chi connectivity index (χ1n) is 4.32. The van der Waals surface area contributed by atoms with E-state index in [2.05, 4.69) is 20.4 Å². The highest BCUT2D eigenvalue weighted by molar-refractivity contribution is 5.84. The lowest BCUT2D eigenvalue weighted by Crippen LogP contribution is -2.25. The predicted octanol–water partition coefficient (Wildman–Crippen LogP) is 0.377. The molecule has 0 radical (unpaired) electrons. The van der Waals surface area contributed by atoms with Crippen molar-refractivity contribution in [3.05, 3.63) is 12.5 Å². The monoisotopic (exact) mass is 193 g/mol. The van der Waals surface area contributed by atoms with Crippen LogP contribution in [-0.4, -0.2) is 27.7 Å². The van der Waals surface area contributed by atoms with Crippen LogP contribution in [0.5, 0.6) is 0 Å². The van der Waals surface area contributed by atoms with E-state index in [0.29, 0.717) is 18.1 Å². The minimum atomic E-state index is 0.0693. The van der Waals surface area contributed by atoms with Crippen molar-refractivity contribution in [1.82, 2.24) is 15.1 Å². The van der Waals surface area contributed by atoms with Gasteiger partial charge in [-0.2, -0.15) is 4.98 Å². The van der Waals surface area contributed by atoms with Crippen molar-refractivity contribution >= 4 is 16.9 Å². The van der Waals surface area contributed by atoms with Crippen molar-refractivity contribution in [3.63, 3.8) is 0 Å². The molecule has 0 fully saturated rings. The molecule has 0 aliphatic heterocycles. The highest BCUT2D eigenvalue weighted by atomic mass is 16.5. The lowest BCUT2D eigenvalue weighted by atomic mass is 10.3. The SMILES string of the molecule is CC(N)CNc1ncnc2oncc12. The van der Waals surface area contributed by atoms with Gasteiger partial charge in [-0.1, -0.05) is 5.16 Å². The Morgan fingerprint density at radius 2 is 2.43 bits per heavy atom. The van der Waals surface area contributed by atoms with Gasteiger partial charge in [0.15, 0.2) is 0 Å². The second-order valence-corrected chi connectivity index (χ2v) is 3.13. The molecule has 74 valence electrons. The van der Waals surface area contributed by atoms with E-state index < -0.39 is 0 Å². The van der Waals surface area contributed by atoms with Gasteiger partial charge < -0.3 is 15.6 Å². The molecule has 1 unspecified atom stereocenters. The van der Waals surface area contributed by atoms with Crippen LogP contribution in [-0.2, 0) is 0 Å². The summed E-state index contributed by atoms with van der Waals surface area (Å²) >= 11 is 0. The zero-order chi connectivity index (χ0) is 9.97. The van der Waals surface area contributed by atoms with Crippen molar-refractivity contribution in [3.8, 4) is 0 Å². The molecule has 0 aromatic carbocycles. The minimum absolute atomic E-state index is 0.0693. The summed E-state index contributed by atoms with van der Waals surface area (Å²) in [5, 5.41) is 7.51. The second kappa shape index (κ2) is 3.59. The number of nitrogens with one attached hydrogen (secondary N) is 1. The first kappa shape index (κ1) is 8.89. The highest BCUT2D eigenvalue weighted by Gasteiger charge is 2.06. The molecule has 0 saturated heterocycles. The van der Waals surface area contributed by atoms with Crippen LogP contribution in [0.4, 0.5) is 5.82 Å². The number of fused-ring (bicyclic) bond motifs is 1. The Hall–Kier alpha value is -1.69. The Morgan fingerprint density at radius 1 is 1.57 bits per heavy atom. The number of hydrogen-bond donors (Lipinski definition) is 2. The van der Waals surface area contributed by atoms with Gasteiger partial charge in [0.2, 0.25) is 0 Å². The number of anilines is 1. The molecule has 0 bridgehead atoms. The Labute approximate surface area is 80.5 Å². The number of hydrogen-bond acceptors (Lipinski definition) is 6. The van der Waals surface area contributed by atoms with E-state index >= 15 is 0 Å². The molecule has 0 spiro atoms. The second-order valence-electron chi connectivity index (χ2n) is 3.13. The molecule has 2 rings (SSSR count). The van der Waals surface area contributed by atoms with Gasteiger partial charge in [0, 0.05) is 12.6 Å². The molecule has 6 heteroatoms. The van der Waals surface area contributed by atoms with E-state index in [1.807, 2.05) is 6.92 Å². The third kappa shape index (κ3) is 1.64. The average molecular weight is 193 g/mol. The molecule has 0 aliphatic carbocycles. The largest absolute Gasteiger partial charge is 0.368 e. The molecular weight excluding hydrogens is 182 g/mol. The minimum Gasteiger partial charge on any atom is -0.368 e. The van der Waals surface area contributed by atoms with E-state index in [1.54, 1.807) is 6.20 Å². The van der Waals surface area contributed by atoms with Crippen LogP contribution < -0.4 is 11.1 Å². The summed E-state index contributed by atoms with van der Waals surface area (Å²) in [5.74, 6) is 0.702. The first-order valence-corrected chi connectivity index (χ1v) is 4.32. The fraction of sp³-hybridized carbons (Fsp3) is 0.375. The van der Waals surface area contributed by atoms with Gasteiger partial charge in [-0.05, 0) is 6.92 Å². The summed E-state index contributed by atoms with van der Waals surface area (Å²) in [7, 11) is 0. The number of aromatic nitrogens is 3. The van der Waals surface area contributed by atoms with E-state index in [-0.39, 0.29) is 6.04 Å². The quantitative estimate of drug-likeness (QED) is 0.732. The molecule has 0 saturated carbocycles. The Bertz CT molecular complexity index is 424. The summed E-state index contributed by atoms with van der Waals surface area (Å²) in [5.41, 5.74) is 6.09. The van der Waals surface area contributed by atoms with Crippen LogP contribution in [0.3, 0.4) is 0 Å². The van der Waals surface area contributed by atoms with Gasteiger partial charge >= 0.3 is 0 Å². The fourth-order valence-electron chi connectivity index (χ4n) is 1.10. The molecule has 2 aromatic rings. The Morgan fingerprint density at radius 3 is 3.21 bits per heavy atom. The molecule has 0 amide bonds. The molecule has 1 atom stereocenters. The molecule has 2 heterocycles. The maximum absolute atomic E-state index is 5.61. The zero-order valence-corrected chi connectivity index (χ0v) is 7.77. The van der Waals surface area contributed by atoms with Crippen LogP contribution in [0.2, 0.25) is 0 Å². The van der Waals surface area contributed by atoms with Crippen LogP contribution in [0.15, 0.2) is 17.0 Å². The van der Waals surface area contributed by atoms with Gasteiger partial charge in [0.1, 0.15) is 17.5 Å². The van der Waals surface area contributed by atoms with Gasteiger partial charge in [-0.25, -0.2) is 4.98 Å². The number of nitrogens with two attached hydrogens (primary N) is 1. The van der Waals surface area contributed by atoms with Crippen molar-refractivity contribution in [2.45, 2.75) is 13.0 Å². The number of rotatable bonds is 3. The molecule has 0 aliphatic rings. The summed E-state index contributed by atoms with van der Waals surface area (Å²) in [6, 6.07) is 0.0693. The van der Waals surface area contributed by atoms with Crippen molar-refractivity contribution in [2.24, 2.45) is 5.73 Å². The summed E-state index contributed by atoms with van der Waals surface area (Å²) in [4.78, 5) is 7.99. The van der Waals surface area contributed by atoms with Crippen LogP contribution in [0.1, 0.15) is 6.92 Å². The van der Waals surface area contributed by atoms with Crippen LogP contribution in [0, 0.1) is 0 Å². The molecule has 2 aromatic heterocycles. The van der Waals surface area contributed by atoms with Crippen molar-refractivity contribution in [2.75, 3.05) is 11.9 Å². The van der Waals surface area contributed by atoms with E-state index in [4.69, 9.17) is 10.3 Å². The maximum Gasteiger partial charge on any atom is 0.262 e. The van der Waals surface area contributed by atoms with Gasteiger partial charge in [-0.3, -0.25) is 0 Å². The first-order chi connectivity index (χ1) is 6.77. The van der Waals surface area contributed by atoms with Gasteiger partial charge in [0.25, 0.3) is 5.71 Å². The van der Waals surface area contributed by atoms with E-state index in [9.17, 15) is 0 Å². The number of nitrogens with zero attached hydrogens (tertiary/aromatic N) is 3. The zero-order valence-electron chi connectivity index (χ0n) is 7.77. The molecule has 6 nitrogen and oxygen atoms in total.